The smallest absolute Gasteiger partial charge is 0.320 e. The molecule has 44 heavy (non-hydrogen) atoms. The van der Waals surface area contributed by atoms with Crippen LogP contribution in [0.25, 0.3) is 0 Å². The molecule has 0 rings (SSSR count). The maximum Gasteiger partial charge on any atom is 0.320 e. The molecular weight excluding hydrogens is 618 g/mol. The van der Waals surface area contributed by atoms with Gasteiger partial charge in [0.05, 0.1) is 0 Å². The third-order valence-corrected chi connectivity index (χ3v) is 6.78. The normalized spacial score (nSPS) is 14.2. The first-order valence-electron chi connectivity index (χ1n) is 13.9. The van der Waals surface area contributed by atoms with Crippen molar-refractivity contribution in [1.29, 1.82) is 0 Å². The second kappa shape index (κ2) is 32.2. The van der Waals surface area contributed by atoms with Crippen molar-refractivity contribution in [3.05, 3.63) is 0 Å². The molecule has 0 fully saturated rings. The Morgan fingerprint density at radius 2 is 0.886 bits per heavy atom. The lowest BCUT2D eigenvalue weighted by Gasteiger charge is -2.11. The minimum absolute atomic E-state index is 0.0208. The summed E-state index contributed by atoms with van der Waals surface area (Å²) < 4.78 is 0. The highest BCUT2D eigenvalue weighted by Gasteiger charge is 2.17. The van der Waals surface area contributed by atoms with Crippen LogP contribution in [0, 0.1) is 17.8 Å². The summed E-state index contributed by atoms with van der Waals surface area (Å²) in [5.74, 6) is -2.51. The van der Waals surface area contributed by atoms with Gasteiger partial charge in [-0.15, -0.1) is 0 Å². The van der Waals surface area contributed by atoms with Gasteiger partial charge in [-0.05, 0) is 61.0 Å². The number of nitrogens with two attached hydrogens (primary N) is 5. The van der Waals surface area contributed by atoms with Gasteiger partial charge in [-0.25, -0.2) is 0 Å². The molecule has 0 bridgehead atoms. The van der Waals surface area contributed by atoms with E-state index in [1.807, 2.05) is 40.2 Å². The lowest BCUT2D eigenvalue weighted by atomic mass is 10.0. The van der Waals surface area contributed by atoms with E-state index >= 15 is 0 Å². The molecule has 0 unspecified atom stereocenters. The molecule has 15 N–H and O–H groups in total. The number of hydrogen-bond donors (Lipinski definition) is 10. The molecule has 0 heterocycles. The number of carbonyl (C=O) groups is 5. The topological polar surface area (TPSA) is 317 Å². The van der Waals surface area contributed by atoms with E-state index in [9.17, 15) is 24.0 Å². The summed E-state index contributed by atoms with van der Waals surface area (Å²) >= 11 is 3.21. The monoisotopic (exact) mass is 677 g/mol. The molecule has 0 aliphatic heterocycles. The molecule has 0 radical (unpaired) electrons. The van der Waals surface area contributed by atoms with Crippen molar-refractivity contribution in [3.63, 3.8) is 0 Å². The fraction of sp³-hybridized carbons (Fsp3) is 0.815. The Hall–Kier alpha value is -2.15. The van der Waals surface area contributed by atoms with Gasteiger partial charge in [-0.3, -0.25) is 24.0 Å². The van der Waals surface area contributed by atoms with Gasteiger partial charge in [0.25, 0.3) is 0 Å². The molecule has 0 aliphatic carbocycles. The number of carboxylic acids is 5. The maximum atomic E-state index is 10.2. The predicted molar refractivity (Wildman–Crippen MR) is 178 cm³/mol. The van der Waals surface area contributed by atoms with Crippen LogP contribution in [0.2, 0.25) is 0 Å². The van der Waals surface area contributed by atoms with E-state index in [-0.39, 0.29) is 11.8 Å². The number of hydrogen-bond acceptors (Lipinski definition) is 12. The van der Waals surface area contributed by atoms with Crippen molar-refractivity contribution in [3.8, 4) is 0 Å². The summed E-state index contributed by atoms with van der Waals surface area (Å²) in [4.78, 5) is 50.4. The van der Waals surface area contributed by atoms with Gasteiger partial charge in [0.2, 0.25) is 0 Å². The molecule has 0 saturated carbocycles. The van der Waals surface area contributed by atoms with Crippen molar-refractivity contribution in [2.75, 3.05) is 24.0 Å². The zero-order valence-corrected chi connectivity index (χ0v) is 29.0. The Labute approximate surface area is 270 Å². The molecule has 0 amide bonds. The summed E-state index contributed by atoms with van der Waals surface area (Å²) in [6, 6.07) is -3.47. The molecule has 0 aromatic heterocycles. The van der Waals surface area contributed by atoms with E-state index < -0.39 is 60.1 Å². The van der Waals surface area contributed by atoms with Gasteiger partial charge < -0.3 is 54.2 Å². The SMILES string of the molecule is CC(C)C[C@H](N)C(=O)O.CC(C)[C@H](N)C(=O)O.CC[C@H](C)[C@H](N)C(=O)O.CSCC[C@H](N)C(=O)O.CSCC[C@H](N)C(=O)O. The Morgan fingerprint density at radius 3 is 1.00 bits per heavy atom. The lowest BCUT2D eigenvalue weighted by Crippen LogP contribution is -2.36. The van der Waals surface area contributed by atoms with Gasteiger partial charge >= 0.3 is 29.8 Å². The second-order valence-corrected chi connectivity index (χ2v) is 12.4. The van der Waals surface area contributed by atoms with Crippen LogP contribution >= 0.6 is 23.5 Å². The maximum absolute atomic E-state index is 10.2. The van der Waals surface area contributed by atoms with Crippen LogP contribution in [0.15, 0.2) is 0 Å². The molecule has 6 atom stereocenters. The third-order valence-electron chi connectivity index (χ3n) is 5.49. The van der Waals surface area contributed by atoms with E-state index in [4.69, 9.17) is 54.2 Å². The van der Waals surface area contributed by atoms with Crippen molar-refractivity contribution in [2.45, 2.75) is 97.4 Å². The Morgan fingerprint density at radius 1 is 0.568 bits per heavy atom. The first-order chi connectivity index (χ1) is 20.0. The Bertz CT molecular complexity index is 755. The summed E-state index contributed by atoms with van der Waals surface area (Å²) in [5.41, 5.74) is 26.0. The highest BCUT2D eigenvalue weighted by molar-refractivity contribution is 7.98. The molecular formula is C27H59N5O10S2. The molecule has 15 nitrogen and oxygen atoms in total. The van der Waals surface area contributed by atoms with Crippen LogP contribution in [0.3, 0.4) is 0 Å². The number of thioether (sulfide) groups is 2. The average molecular weight is 678 g/mol. The van der Waals surface area contributed by atoms with Crippen molar-refractivity contribution < 1.29 is 49.5 Å². The largest absolute Gasteiger partial charge is 0.480 e. The molecule has 264 valence electrons. The van der Waals surface area contributed by atoms with Gasteiger partial charge in [0.15, 0.2) is 0 Å². The van der Waals surface area contributed by atoms with Crippen LogP contribution < -0.4 is 28.7 Å². The predicted octanol–water partition coefficient (Wildman–Crippen LogP) is 1.25. The lowest BCUT2D eigenvalue weighted by molar-refractivity contribution is -0.140. The van der Waals surface area contributed by atoms with Crippen LogP contribution in [0.1, 0.15) is 67.2 Å². The summed E-state index contributed by atoms with van der Waals surface area (Å²) in [6.45, 7) is 11.2. The van der Waals surface area contributed by atoms with Gasteiger partial charge in [-0.2, -0.15) is 23.5 Å². The highest BCUT2D eigenvalue weighted by atomic mass is 32.2. The molecule has 0 spiro atoms. The first-order valence-corrected chi connectivity index (χ1v) is 16.7. The zero-order chi connectivity index (χ0) is 36.2. The molecule has 17 heteroatoms. The Kier molecular flexibility index (Phi) is 37.7. The van der Waals surface area contributed by atoms with Crippen LogP contribution in [-0.4, -0.2) is 110 Å². The zero-order valence-electron chi connectivity index (χ0n) is 27.3. The molecule has 0 aromatic carbocycles. The third kappa shape index (κ3) is 37.9. The minimum atomic E-state index is -0.931. The van der Waals surface area contributed by atoms with Crippen LogP contribution in [-0.2, 0) is 24.0 Å². The van der Waals surface area contributed by atoms with Crippen molar-refractivity contribution in [1.82, 2.24) is 0 Å². The van der Waals surface area contributed by atoms with Crippen LogP contribution in [0.5, 0.6) is 0 Å². The summed E-state index contributed by atoms with van der Waals surface area (Å²) in [7, 11) is 0. The van der Waals surface area contributed by atoms with Crippen molar-refractivity contribution >= 4 is 53.4 Å². The summed E-state index contributed by atoms with van der Waals surface area (Å²) in [6.07, 6.45) is 6.32. The highest BCUT2D eigenvalue weighted by Crippen LogP contribution is 2.04. The quantitative estimate of drug-likeness (QED) is 0.110. The number of rotatable bonds is 16. The van der Waals surface area contributed by atoms with Gasteiger partial charge in [0, 0.05) is 0 Å². The van der Waals surface area contributed by atoms with E-state index in [1.54, 1.807) is 37.4 Å². The Balaban J connectivity index is -0.000000144. The summed E-state index contributed by atoms with van der Waals surface area (Å²) in [5, 5.41) is 41.4. The van der Waals surface area contributed by atoms with E-state index in [0.717, 1.165) is 17.9 Å². The van der Waals surface area contributed by atoms with E-state index in [0.29, 0.717) is 25.2 Å². The van der Waals surface area contributed by atoms with E-state index in [1.165, 1.54) is 0 Å². The molecule has 0 aliphatic rings. The standard InChI is InChI=1S/2C6H13NO2.2C5H11NO2S.C5H11NO2/c1-4(2)3-5(7)6(8)9;1-3-4(2)5(7)6(8)9;2*1-9-3-2-4(6)5(7)8;1-3(2)4(6)5(7)8/h2*4-5H,3,7H2,1-2H3,(H,8,9);2*4H,2-3,6H2,1H3,(H,7,8);3-4H,6H2,1-2H3,(H,7,8)/t5-;4-,5-;3*4-/m00000/s1. The second-order valence-electron chi connectivity index (χ2n) is 10.4. The number of aliphatic carboxylic acids is 5. The van der Waals surface area contributed by atoms with Crippen molar-refractivity contribution in [2.24, 2.45) is 46.4 Å². The first kappa shape index (κ1) is 51.4. The van der Waals surface area contributed by atoms with E-state index in [2.05, 4.69) is 0 Å². The van der Waals surface area contributed by atoms with Gasteiger partial charge in [0.1, 0.15) is 30.2 Å². The fourth-order valence-electron chi connectivity index (χ4n) is 2.13. The minimum Gasteiger partial charge on any atom is -0.480 e. The molecule has 0 saturated heterocycles. The fourth-order valence-corrected chi connectivity index (χ4v) is 3.11. The number of carboxylic acid groups (broad SMARTS) is 5. The molecule has 0 aromatic rings. The van der Waals surface area contributed by atoms with Crippen LogP contribution in [0.4, 0.5) is 0 Å². The van der Waals surface area contributed by atoms with Gasteiger partial charge in [-0.1, -0.05) is 48.0 Å². The average Bonchev–Trinajstić information content (AvgIpc) is 2.93.